The van der Waals surface area contributed by atoms with E-state index in [4.69, 9.17) is 0 Å². The summed E-state index contributed by atoms with van der Waals surface area (Å²) < 4.78 is 28.0. The van der Waals surface area contributed by atoms with Crippen molar-refractivity contribution in [3.8, 4) is 11.8 Å². The van der Waals surface area contributed by atoms with E-state index in [1.165, 1.54) is 12.1 Å². The molecule has 0 heterocycles. The van der Waals surface area contributed by atoms with Gasteiger partial charge in [-0.2, -0.15) is 0 Å². The predicted octanol–water partition coefficient (Wildman–Crippen LogP) is 6.18. The molecule has 0 fully saturated rings. The number of hydrogen-bond donors (Lipinski definition) is 3. The SMILES string of the molecule is CCCC#Cc1cccc(CNC[C@@H](O)[C@H](Cc2cc(F)cc(F)c2)NC(=O)c2cc(C)cc(C(=O)N(CCC)CCC)c2)c1. The van der Waals surface area contributed by atoms with Crippen molar-refractivity contribution in [3.05, 3.63) is 106 Å². The Balaban J connectivity index is 1.79. The highest BCUT2D eigenvalue weighted by molar-refractivity contribution is 6.00. The maximum Gasteiger partial charge on any atom is 0.253 e. The van der Waals surface area contributed by atoms with Crippen LogP contribution in [0.4, 0.5) is 8.78 Å². The molecule has 3 N–H and O–H groups in total. The molecule has 0 bridgehead atoms. The number of amides is 2. The van der Waals surface area contributed by atoms with Gasteiger partial charge in [-0.25, -0.2) is 8.78 Å². The van der Waals surface area contributed by atoms with Gasteiger partial charge in [0.2, 0.25) is 0 Å². The van der Waals surface area contributed by atoms with E-state index in [1.807, 2.05) is 45.0 Å². The zero-order chi connectivity index (χ0) is 32.8. The van der Waals surface area contributed by atoms with Gasteiger partial charge in [0.15, 0.2) is 0 Å². The Morgan fingerprint density at radius 1 is 0.889 bits per heavy atom. The number of carbonyl (C=O) groups excluding carboxylic acids is 2. The summed E-state index contributed by atoms with van der Waals surface area (Å²) in [5, 5.41) is 17.3. The highest BCUT2D eigenvalue weighted by Crippen LogP contribution is 2.16. The Kier molecular flexibility index (Phi) is 14.2. The molecule has 8 heteroatoms. The summed E-state index contributed by atoms with van der Waals surface area (Å²) in [5.41, 5.74) is 3.61. The molecule has 0 aromatic heterocycles. The maximum absolute atomic E-state index is 14.0. The van der Waals surface area contributed by atoms with Gasteiger partial charge in [-0.3, -0.25) is 9.59 Å². The first-order valence-electron chi connectivity index (χ1n) is 15.8. The van der Waals surface area contributed by atoms with Crippen molar-refractivity contribution in [2.45, 2.75) is 78.5 Å². The molecule has 2 amide bonds. The van der Waals surface area contributed by atoms with Gasteiger partial charge in [-0.1, -0.05) is 44.7 Å². The van der Waals surface area contributed by atoms with E-state index in [9.17, 15) is 23.5 Å². The van der Waals surface area contributed by atoms with Crippen LogP contribution in [0.2, 0.25) is 0 Å². The number of nitrogens with one attached hydrogen (secondary N) is 2. The molecule has 45 heavy (non-hydrogen) atoms. The van der Waals surface area contributed by atoms with Crippen LogP contribution in [0.1, 0.15) is 89.4 Å². The second-order valence-corrected chi connectivity index (χ2v) is 11.4. The maximum atomic E-state index is 14.0. The highest BCUT2D eigenvalue weighted by Gasteiger charge is 2.24. The summed E-state index contributed by atoms with van der Waals surface area (Å²) in [4.78, 5) is 28.6. The van der Waals surface area contributed by atoms with E-state index >= 15 is 0 Å². The van der Waals surface area contributed by atoms with Gasteiger partial charge in [0.1, 0.15) is 11.6 Å². The quantitative estimate of drug-likeness (QED) is 0.178. The van der Waals surface area contributed by atoms with E-state index in [2.05, 4.69) is 29.4 Å². The van der Waals surface area contributed by atoms with Gasteiger partial charge in [-0.05, 0) is 91.8 Å². The first-order chi connectivity index (χ1) is 21.6. The van der Waals surface area contributed by atoms with Crippen molar-refractivity contribution < 1.29 is 23.5 Å². The third-order valence-electron chi connectivity index (χ3n) is 7.24. The molecule has 3 aromatic rings. The fourth-order valence-electron chi connectivity index (χ4n) is 5.15. The fraction of sp³-hybridized carbons (Fsp3) is 0.405. The summed E-state index contributed by atoms with van der Waals surface area (Å²) in [5.74, 6) is 4.16. The second kappa shape index (κ2) is 18.0. The van der Waals surface area contributed by atoms with E-state index in [-0.39, 0.29) is 24.4 Å². The number of hydrogen-bond acceptors (Lipinski definition) is 4. The number of carbonyl (C=O) groups is 2. The van der Waals surface area contributed by atoms with Crippen LogP contribution in [-0.4, -0.2) is 53.6 Å². The number of unbranched alkanes of at least 4 members (excludes halogenated alkanes) is 1. The minimum absolute atomic E-state index is 0.00977. The van der Waals surface area contributed by atoms with Crippen LogP contribution in [0.25, 0.3) is 0 Å². The Bertz CT molecular complexity index is 1470. The Morgan fingerprint density at radius 2 is 1.58 bits per heavy atom. The summed E-state index contributed by atoms with van der Waals surface area (Å²) in [6, 6.07) is 15.1. The van der Waals surface area contributed by atoms with Gasteiger partial charge >= 0.3 is 0 Å². The minimum Gasteiger partial charge on any atom is -0.390 e. The molecule has 0 spiro atoms. The summed E-state index contributed by atoms with van der Waals surface area (Å²) >= 11 is 0. The normalized spacial score (nSPS) is 12.2. The lowest BCUT2D eigenvalue weighted by Crippen LogP contribution is -2.48. The monoisotopic (exact) mass is 617 g/mol. The fourth-order valence-corrected chi connectivity index (χ4v) is 5.15. The van der Waals surface area contributed by atoms with Gasteiger partial charge in [0.05, 0.1) is 12.1 Å². The average Bonchev–Trinajstić information content (AvgIpc) is 2.99. The van der Waals surface area contributed by atoms with Crippen molar-refractivity contribution in [1.29, 1.82) is 0 Å². The molecule has 0 radical (unpaired) electrons. The van der Waals surface area contributed by atoms with Crippen LogP contribution >= 0.6 is 0 Å². The standard InChI is InChI=1S/C37H45F2N3O3/c1-5-8-9-11-27-12-10-13-28(18-27)24-40-25-35(43)34(21-29-19-32(38)23-33(39)20-29)41-36(44)30-16-26(4)17-31(22-30)37(45)42(14-6-2)15-7-3/h10,12-13,16-20,22-23,34-35,40,43H,5-8,14-15,21,24-25H2,1-4H3,(H,41,44)/t34-,35+/m0/s1. The largest absolute Gasteiger partial charge is 0.390 e. The molecule has 240 valence electrons. The van der Waals surface area contributed by atoms with Gasteiger partial charge < -0.3 is 20.6 Å². The first kappa shape index (κ1) is 35.4. The predicted molar refractivity (Wildman–Crippen MR) is 175 cm³/mol. The Hall–Kier alpha value is -4.06. The highest BCUT2D eigenvalue weighted by atomic mass is 19.1. The lowest BCUT2D eigenvalue weighted by Gasteiger charge is -2.25. The van der Waals surface area contributed by atoms with Crippen LogP contribution in [0.3, 0.4) is 0 Å². The second-order valence-electron chi connectivity index (χ2n) is 11.4. The summed E-state index contributed by atoms with van der Waals surface area (Å²) in [7, 11) is 0. The molecule has 3 rings (SSSR count). The van der Waals surface area contributed by atoms with E-state index in [0.29, 0.717) is 30.8 Å². The Labute approximate surface area is 266 Å². The van der Waals surface area contributed by atoms with Crippen molar-refractivity contribution in [2.75, 3.05) is 19.6 Å². The number of aryl methyl sites for hydroxylation is 1. The third-order valence-corrected chi connectivity index (χ3v) is 7.24. The van der Waals surface area contributed by atoms with E-state index in [1.54, 1.807) is 23.1 Å². The lowest BCUT2D eigenvalue weighted by molar-refractivity contribution is 0.0755. The van der Waals surface area contributed by atoms with E-state index < -0.39 is 29.7 Å². The smallest absolute Gasteiger partial charge is 0.253 e. The first-order valence-corrected chi connectivity index (χ1v) is 15.8. The molecule has 0 saturated heterocycles. The average molecular weight is 618 g/mol. The number of aliphatic hydroxyl groups excluding tert-OH is 1. The molecule has 6 nitrogen and oxygen atoms in total. The number of halogens is 2. The zero-order valence-electron chi connectivity index (χ0n) is 26.8. The summed E-state index contributed by atoms with van der Waals surface area (Å²) in [6.45, 7) is 9.70. The molecular formula is C37H45F2N3O3. The van der Waals surface area contributed by atoms with Crippen LogP contribution in [0.5, 0.6) is 0 Å². The van der Waals surface area contributed by atoms with Crippen LogP contribution in [-0.2, 0) is 13.0 Å². The van der Waals surface area contributed by atoms with Crippen molar-refractivity contribution >= 4 is 11.8 Å². The molecule has 0 saturated carbocycles. The van der Waals surface area contributed by atoms with Crippen molar-refractivity contribution in [1.82, 2.24) is 15.5 Å². The molecule has 2 atom stereocenters. The van der Waals surface area contributed by atoms with Gasteiger partial charge in [-0.15, -0.1) is 0 Å². The Morgan fingerprint density at radius 3 is 2.24 bits per heavy atom. The molecular weight excluding hydrogens is 572 g/mol. The molecule has 0 aliphatic carbocycles. The zero-order valence-corrected chi connectivity index (χ0v) is 26.8. The minimum atomic E-state index is -1.09. The van der Waals surface area contributed by atoms with Gasteiger partial charge in [0, 0.05) is 55.4 Å². The van der Waals surface area contributed by atoms with Crippen molar-refractivity contribution in [3.63, 3.8) is 0 Å². The molecule has 0 aliphatic heterocycles. The summed E-state index contributed by atoms with van der Waals surface area (Å²) in [6.07, 6.45) is 2.35. The third kappa shape index (κ3) is 11.4. The van der Waals surface area contributed by atoms with Crippen LogP contribution < -0.4 is 10.6 Å². The van der Waals surface area contributed by atoms with Crippen LogP contribution in [0, 0.1) is 30.4 Å². The number of benzene rings is 3. The number of nitrogens with zero attached hydrogens (tertiary/aromatic N) is 1. The number of rotatable bonds is 15. The van der Waals surface area contributed by atoms with Crippen LogP contribution in [0.15, 0.2) is 60.7 Å². The molecule has 0 unspecified atom stereocenters. The van der Waals surface area contributed by atoms with E-state index in [0.717, 1.165) is 48.4 Å². The van der Waals surface area contributed by atoms with Crippen molar-refractivity contribution in [2.24, 2.45) is 0 Å². The number of aliphatic hydroxyl groups is 1. The lowest BCUT2D eigenvalue weighted by atomic mass is 9.99. The molecule has 3 aromatic carbocycles. The van der Waals surface area contributed by atoms with Gasteiger partial charge in [0.25, 0.3) is 11.8 Å². The molecule has 0 aliphatic rings. The topological polar surface area (TPSA) is 81.7 Å².